The third-order valence-electron chi connectivity index (χ3n) is 4.93. The van der Waals surface area contributed by atoms with Crippen LogP contribution in [0.3, 0.4) is 0 Å². The summed E-state index contributed by atoms with van der Waals surface area (Å²) in [6.45, 7) is 19.8. The van der Waals surface area contributed by atoms with Crippen molar-refractivity contribution in [3.8, 4) is 0 Å². The summed E-state index contributed by atoms with van der Waals surface area (Å²) in [6, 6.07) is 0. The van der Waals surface area contributed by atoms with E-state index < -0.39 is 13.3 Å². The van der Waals surface area contributed by atoms with E-state index in [1.54, 1.807) is 0 Å². The fraction of sp³-hybridized carbons (Fsp3) is 1.00. The molecule has 0 spiro atoms. The topological polar surface area (TPSA) is 0 Å². The molecule has 2 atom stereocenters. The van der Waals surface area contributed by atoms with Gasteiger partial charge in [-0.05, 0) is 0 Å². The normalized spacial score (nSPS) is 17.2. The van der Waals surface area contributed by atoms with E-state index in [-0.39, 0.29) is 0 Å². The van der Waals surface area contributed by atoms with Crippen LogP contribution in [0, 0.1) is 0 Å². The molecule has 0 heterocycles. The average molecular weight is 273 g/mol. The molecule has 15 heavy (non-hydrogen) atoms. The molecule has 0 radical (unpaired) electrons. The van der Waals surface area contributed by atoms with Gasteiger partial charge in [-0.25, -0.2) is 0 Å². The second-order valence-corrected chi connectivity index (χ2v) is 19.1. The van der Waals surface area contributed by atoms with Crippen molar-refractivity contribution >= 4 is 13.3 Å². The monoisotopic (exact) mass is 274 g/mol. The van der Waals surface area contributed by atoms with E-state index in [1.165, 1.54) is 12.8 Å². The van der Waals surface area contributed by atoms with Crippen LogP contribution in [0.25, 0.3) is 0 Å². The minimum absolute atomic E-state index is 0.967. The zero-order valence-electron chi connectivity index (χ0n) is 12.2. The van der Waals surface area contributed by atoms with Crippen LogP contribution in [0.5, 0.6) is 0 Å². The van der Waals surface area contributed by atoms with Crippen LogP contribution >= 0.6 is 0 Å². The van der Waals surface area contributed by atoms with Crippen LogP contribution in [0.1, 0.15) is 68.2 Å². The molecular formula is C14H32Ge. The van der Waals surface area contributed by atoms with E-state index in [9.17, 15) is 0 Å². The van der Waals surface area contributed by atoms with Crippen molar-refractivity contribution in [3.63, 3.8) is 0 Å². The molecule has 0 aromatic heterocycles. The van der Waals surface area contributed by atoms with Gasteiger partial charge >= 0.3 is 100 Å². The predicted octanol–water partition coefficient (Wildman–Crippen LogP) is 5.86. The molecule has 0 aromatic carbocycles. The van der Waals surface area contributed by atoms with Gasteiger partial charge in [-0.3, -0.25) is 0 Å². The van der Waals surface area contributed by atoms with Crippen LogP contribution in [0.4, 0.5) is 0 Å². The van der Waals surface area contributed by atoms with Crippen molar-refractivity contribution in [3.05, 3.63) is 0 Å². The standard InChI is InChI=1S/C14H32Ge/c1-9-13(7)15(11(3)4,12(5)6)14(8)10-2/h11-14H,9-10H2,1-8H3. The molecule has 0 amide bonds. The van der Waals surface area contributed by atoms with Crippen LogP contribution in [-0.2, 0) is 0 Å². The van der Waals surface area contributed by atoms with Gasteiger partial charge in [0, 0.05) is 0 Å². The number of hydrogen-bond donors (Lipinski definition) is 0. The Kier molecular flexibility index (Phi) is 6.55. The fourth-order valence-corrected chi connectivity index (χ4v) is 21.5. The maximum atomic E-state index is 2.53. The first-order valence-electron chi connectivity index (χ1n) is 6.85. The Balaban J connectivity index is 5.26. The van der Waals surface area contributed by atoms with Crippen molar-refractivity contribution in [1.82, 2.24) is 0 Å². The SMILES string of the molecule is CC[CH](C)[Ge]([CH](C)C)([CH](C)C)[CH](C)CC. The van der Waals surface area contributed by atoms with Crippen LogP contribution in [0.15, 0.2) is 0 Å². The van der Waals surface area contributed by atoms with Gasteiger partial charge in [0.05, 0.1) is 0 Å². The van der Waals surface area contributed by atoms with Crippen LogP contribution < -0.4 is 0 Å². The van der Waals surface area contributed by atoms with Crippen molar-refractivity contribution in [1.29, 1.82) is 0 Å². The molecule has 0 saturated carbocycles. The summed E-state index contributed by atoms with van der Waals surface area (Å²) in [4.78, 5) is 0. The summed E-state index contributed by atoms with van der Waals surface area (Å²) >= 11 is -1.74. The first kappa shape index (κ1) is 15.5. The summed E-state index contributed by atoms with van der Waals surface area (Å²) in [5.41, 5.74) is 0. The number of hydrogen-bond acceptors (Lipinski definition) is 0. The molecule has 0 nitrogen and oxygen atoms in total. The predicted molar refractivity (Wildman–Crippen MR) is 75.4 cm³/mol. The Morgan fingerprint density at radius 1 is 0.667 bits per heavy atom. The van der Waals surface area contributed by atoms with Gasteiger partial charge in [-0.15, -0.1) is 0 Å². The molecule has 0 saturated heterocycles. The summed E-state index contributed by atoms with van der Waals surface area (Å²) in [5, 5.41) is 0. The quantitative estimate of drug-likeness (QED) is 0.532. The Morgan fingerprint density at radius 2 is 0.933 bits per heavy atom. The first-order chi connectivity index (χ1) is 6.85. The first-order valence-corrected chi connectivity index (χ1v) is 11.7. The van der Waals surface area contributed by atoms with Crippen molar-refractivity contribution < 1.29 is 0 Å². The van der Waals surface area contributed by atoms with Gasteiger partial charge in [0.1, 0.15) is 0 Å². The molecular weight excluding hydrogens is 241 g/mol. The van der Waals surface area contributed by atoms with Gasteiger partial charge in [-0.1, -0.05) is 0 Å². The molecule has 0 N–H and O–H groups in total. The molecule has 0 bridgehead atoms. The van der Waals surface area contributed by atoms with Crippen LogP contribution in [-0.4, -0.2) is 13.3 Å². The summed E-state index contributed by atoms with van der Waals surface area (Å²) in [5.74, 6) is 0. The second-order valence-electron chi connectivity index (χ2n) is 5.93. The number of rotatable bonds is 6. The van der Waals surface area contributed by atoms with E-state index >= 15 is 0 Å². The molecule has 0 aromatic rings. The van der Waals surface area contributed by atoms with E-state index in [2.05, 4.69) is 55.4 Å². The second kappa shape index (κ2) is 6.32. The Labute approximate surface area is 101 Å². The van der Waals surface area contributed by atoms with Gasteiger partial charge in [0.15, 0.2) is 0 Å². The minimum atomic E-state index is -1.74. The van der Waals surface area contributed by atoms with Gasteiger partial charge in [0.2, 0.25) is 0 Å². The van der Waals surface area contributed by atoms with Crippen molar-refractivity contribution in [2.24, 2.45) is 0 Å². The van der Waals surface area contributed by atoms with Crippen molar-refractivity contribution in [2.75, 3.05) is 0 Å². The zero-order chi connectivity index (χ0) is 12.2. The molecule has 1 heteroatoms. The molecule has 0 aliphatic carbocycles. The third-order valence-corrected chi connectivity index (χ3v) is 22.2. The fourth-order valence-electron chi connectivity index (χ4n) is 4.14. The van der Waals surface area contributed by atoms with Crippen LogP contribution in [0.2, 0.25) is 19.0 Å². The Hall–Kier alpha value is 0.543. The van der Waals surface area contributed by atoms with Crippen molar-refractivity contribution in [2.45, 2.75) is 87.2 Å². The molecule has 2 unspecified atom stereocenters. The van der Waals surface area contributed by atoms with E-state index in [0.29, 0.717) is 0 Å². The van der Waals surface area contributed by atoms with E-state index in [0.717, 1.165) is 19.0 Å². The molecule has 0 aliphatic heterocycles. The van der Waals surface area contributed by atoms with Gasteiger partial charge in [-0.2, -0.15) is 0 Å². The van der Waals surface area contributed by atoms with Gasteiger partial charge < -0.3 is 0 Å². The molecule has 0 rings (SSSR count). The third kappa shape index (κ3) is 2.81. The Bertz CT molecular complexity index is 152. The zero-order valence-corrected chi connectivity index (χ0v) is 14.3. The molecule has 0 fully saturated rings. The van der Waals surface area contributed by atoms with Gasteiger partial charge in [0.25, 0.3) is 0 Å². The summed E-state index contributed by atoms with van der Waals surface area (Å²) < 4.78 is 3.96. The maximum absolute atomic E-state index is 2.53. The molecule has 0 aliphatic rings. The summed E-state index contributed by atoms with van der Waals surface area (Å²) in [6.07, 6.45) is 2.78. The molecule has 92 valence electrons. The average Bonchev–Trinajstić information content (AvgIpc) is 2.16. The summed E-state index contributed by atoms with van der Waals surface area (Å²) in [7, 11) is 0. The van der Waals surface area contributed by atoms with E-state index in [1.807, 2.05) is 0 Å². The van der Waals surface area contributed by atoms with E-state index in [4.69, 9.17) is 0 Å². The Morgan fingerprint density at radius 3 is 1.07 bits per heavy atom.